The Morgan fingerprint density at radius 1 is 1.30 bits per heavy atom. The molecule has 4 nitrogen and oxygen atoms in total. The zero-order valence-corrected chi connectivity index (χ0v) is 12.0. The van der Waals surface area contributed by atoms with Crippen molar-refractivity contribution in [2.75, 3.05) is 19.7 Å². The van der Waals surface area contributed by atoms with E-state index in [0.29, 0.717) is 13.0 Å². The van der Waals surface area contributed by atoms with Gasteiger partial charge in [0.25, 0.3) is 0 Å². The van der Waals surface area contributed by atoms with Crippen molar-refractivity contribution < 1.29 is 14.6 Å². The van der Waals surface area contributed by atoms with Gasteiger partial charge in [0.1, 0.15) is 11.8 Å². The third-order valence-corrected chi connectivity index (χ3v) is 3.80. The summed E-state index contributed by atoms with van der Waals surface area (Å²) in [6.07, 6.45) is 3.90. The van der Waals surface area contributed by atoms with Crippen LogP contribution in [0.5, 0.6) is 5.75 Å². The monoisotopic (exact) mass is 277 g/mol. The Kier molecular flexibility index (Phi) is 5.41. The fourth-order valence-corrected chi connectivity index (χ4v) is 2.78. The van der Waals surface area contributed by atoms with Crippen LogP contribution in [0, 0.1) is 0 Å². The lowest BCUT2D eigenvalue weighted by Crippen LogP contribution is -2.45. The first-order chi connectivity index (χ1) is 9.72. The number of aliphatic carboxylic acids is 1. The van der Waals surface area contributed by atoms with Crippen LogP contribution >= 0.6 is 0 Å². The van der Waals surface area contributed by atoms with Crippen molar-refractivity contribution in [2.45, 2.75) is 38.6 Å². The van der Waals surface area contributed by atoms with Crippen LogP contribution in [0.1, 0.15) is 31.7 Å². The summed E-state index contributed by atoms with van der Waals surface area (Å²) in [6, 6.07) is 7.29. The molecular formula is C16H23NO3. The maximum absolute atomic E-state index is 11.6. The Balaban J connectivity index is 2.13. The third kappa shape index (κ3) is 3.73. The summed E-state index contributed by atoms with van der Waals surface area (Å²) in [6.45, 7) is 4.30. The lowest BCUT2D eigenvalue weighted by molar-refractivity contribution is -0.143. The molecule has 110 valence electrons. The lowest BCUT2D eigenvalue weighted by Gasteiger charge is -2.32. The first-order valence-corrected chi connectivity index (χ1v) is 7.40. The zero-order chi connectivity index (χ0) is 14.4. The van der Waals surface area contributed by atoms with E-state index < -0.39 is 12.0 Å². The highest BCUT2D eigenvalue weighted by molar-refractivity contribution is 5.74. The SMILES string of the molecule is CCOc1ccccc1C[C@H](C(=O)O)N1CCCCC1. The molecule has 1 saturated heterocycles. The van der Waals surface area contributed by atoms with Crippen LogP contribution in [0.25, 0.3) is 0 Å². The van der Waals surface area contributed by atoms with Crippen LogP contribution in [-0.4, -0.2) is 41.7 Å². The van der Waals surface area contributed by atoms with Gasteiger partial charge in [0.05, 0.1) is 6.61 Å². The van der Waals surface area contributed by atoms with Crippen molar-refractivity contribution >= 4 is 5.97 Å². The van der Waals surface area contributed by atoms with Gasteiger partial charge >= 0.3 is 5.97 Å². The number of ether oxygens (including phenoxy) is 1. The van der Waals surface area contributed by atoms with Crippen molar-refractivity contribution in [1.29, 1.82) is 0 Å². The van der Waals surface area contributed by atoms with Crippen LogP contribution in [0.2, 0.25) is 0 Å². The quantitative estimate of drug-likeness (QED) is 0.868. The summed E-state index contributed by atoms with van der Waals surface area (Å²) in [7, 11) is 0. The number of para-hydroxylation sites is 1. The Labute approximate surface area is 120 Å². The average Bonchev–Trinajstić information content (AvgIpc) is 2.47. The number of hydrogen-bond donors (Lipinski definition) is 1. The molecule has 20 heavy (non-hydrogen) atoms. The molecular weight excluding hydrogens is 254 g/mol. The molecule has 1 aliphatic heterocycles. The number of rotatable bonds is 6. The lowest BCUT2D eigenvalue weighted by atomic mass is 10.0. The minimum Gasteiger partial charge on any atom is -0.494 e. The van der Waals surface area contributed by atoms with Crippen molar-refractivity contribution in [3.05, 3.63) is 29.8 Å². The molecule has 0 saturated carbocycles. The standard InChI is InChI=1S/C16H23NO3/c1-2-20-15-9-5-4-8-13(15)12-14(16(18)19)17-10-6-3-7-11-17/h4-5,8-9,14H,2-3,6-7,10-12H2,1H3,(H,18,19)/t14-/m1/s1. The van der Waals surface area contributed by atoms with Gasteiger partial charge in [-0.2, -0.15) is 0 Å². The van der Waals surface area contributed by atoms with Crippen molar-refractivity contribution in [3.8, 4) is 5.75 Å². The van der Waals surface area contributed by atoms with Gasteiger partial charge in [0, 0.05) is 6.42 Å². The molecule has 0 unspecified atom stereocenters. The highest BCUT2D eigenvalue weighted by Gasteiger charge is 2.27. The number of hydrogen-bond acceptors (Lipinski definition) is 3. The van der Waals surface area contributed by atoms with Gasteiger partial charge in [-0.25, -0.2) is 0 Å². The second-order valence-corrected chi connectivity index (χ2v) is 5.20. The molecule has 0 amide bonds. The van der Waals surface area contributed by atoms with E-state index in [4.69, 9.17) is 4.74 Å². The van der Waals surface area contributed by atoms with E-state index in [0.717, 1.165) is 37.2 Å². The first kappa shape index (κ1) is 14.9. The van der Waals surface area contributed by atoms with E-state index in [2.05, 4.69) is 4.90 Å². The van der Waals surface area contributed by atoms with E-state index in [1.165, 1.54) is 6.42 Å². The molecule has 0 aliphatic carbocycles. The van der Waals surface area contributed by atoms with E-state index in [-0.39, 0.29) is 0 Å². The number of piperidine rings is 1. The molecule has 1 aliphatic rings. The fourth-order valence-electron chi connectivity index (χ4n) is 2.78. The van der Waals surface area contributed by atoms with Gasteiger partial charge in [-0.3, -0.25) is 9.69 Å². The Hall–Kier alpha value is -1.55. The minimum atomic E-state index is -0.738. The summed E-state index contributed by atoms with van der Waals surface area (Å²) < 4.78 is 5.59. The summed E-state index contributed by atoms with van der Waals surface area (Å²) in [5, 5.41) is 9.53. The number of carboxylic acid groups (broad SMARTS) is 1. The summed E-state index contributed by atoms with van der Waals surface area (Å²) in [4.78, 5) is 13.7. The predicted molar refractivity (Wildman–Crippen MR) is 78.2 cm³/mol. The first-order valence-electron chi connectivity index (χ1n) is 7.40. The second kappa shape index (κ2) is 7.29. The molecule has 0 radical (unpaired) electrons. The molecule has 1 fully saturated rings. The molecule has 1 N–H and O–H groups in total. The van der Waals surface area contributed by atoms with Crippen molar-refractivity contribution in [3.63, 3.8) is 0 Å². The number of nitrogens with zero attached hydrogens (tertiary/aromatic N) is 1. The second-order valence-electron chi connectivity index (χ2n) is 5.20. The van der Waals surface area contributed by atoms with Crippen LogP contribution in [0.4, 0.5) is 0 Å². The Morgan fingerprint density at radius 3 is 2.65 bits per heavy atom. The molecule has 1 aromatic rings. The molecule has 4 heteroatoms. The normalized spacial score (nSPS) is 17.6. The van der Waals surface area contributed by atoms with E-state index >= 15 is 0 Å². The number of benzene rings is 1. The molecule has 2 rings (SSSR count). The number of carboxylic acids is 1. The fraction of sp³-hybridized carbons (Fsp3) is 0.562. The van der Waals surface area contributed by atoms with E-state index in [1.54, 1.807) is 0 Å². The van der Waals surface area contributed by atoms with Gasteiger partial charge in [-0.1, -0.05) is 24.6 Å². The van der Waals surface area contributed by atoms with Crippen LogP contribution in [0.3, 0.4) is 0 Å². The molecule has 0 aromatic heterocycles. The van der Waals surface area contributed by atoms with Crippen molar-refractivity contribution in [2.24, 2.45) is 0 Å². The molecule has 1 heterocycles. The highest BCUT2D eigenvalue weighted by Crippen LogP contribution is 2.23. The smallest absolute Gasteiger partial charge is 0.321 e. The van der Waals surface area contributed by atoms with E-state index in [9.17, 15) is 9.90 Å². The largest absolute Gasteiger partial charge is 0.494 e. The van der Waals surface area contributed by atoms with Crippen molar-refractivity contribution in [1.82, 2.24) is 4.90 Å². The van der Waals surface area contributed by atoms with Crippen LogP contribution in [-0.2, 0) is 11.2 Å². The van der Waals surface area contributed by atoms with Gasteiger partial charge in [0.15, 0.2) is 0 Å². The Morgan fingerprint density at radius 2 is 2.00 bits per heavy atom. The van der Waals surface area contributed by atoms with Gasteiger partial charge < -0.3 is 9.84 Å². The maximum atomic E-state index is 11.6. The molecule has 0 bridgehead atoms. The average molecular weight is 277 g/mol. The van der Waals surface area contributed by atoms with Gasteiger partial charge in [-0.05, 0) is 44.5 Å². The molecule has 1 atom stereocenters. The maximum Gasteiger partial charge on any atom is 0.321 e. The van der Waals surface area contributed by atoms with Gasteiger partial charge in [-0.15, -0.1) is 0 Å². The summed E-state index contributed by atoms with van der Waals surface area (Å²) in [5.74, 6) is 0.0662. The van der Waals surface area contributed by atoms with E-state index in [1.807, 2.05) is 31.2 Å². The highest BCUT2D eigenvalue weighted by atomic mass is 16.5. The van der Waals surface area contributed by atoms with Crippen LogP contribution in [0.15, 0.2) is 24.3 Å². The van der Waals surface area contributed by atoms with Gasteiger partial charge in [0.2, 0.25) is 0 Å². The minimum absolute atomic E-state index is 0.447. The predicted octanol–water partition coefficient (Wildman–Crippen LogP) is 2.57. The summed E-state index contributed by atoms with van der Waals surface area (Å²) >= 11 is 0. The summed E-state index contributed by atoms with van der Waals surface area (Å²) in [5.41, 5.74) is 0.979. The number of carbonyl (C=O) groups is 1. The molecule has 1 aromatic carbocycles. The zero-order valence-electron chi connectivity index (χ0n) is 12.0. The number of likely N-dealkylation sites (tertiary alicyclic amines) is 1. The topological polar surface area (TPSA) is 49.8 Å². The Bertz CT molecular complexity index is 441. The van der Waals surface area contributed by atoms with Crippen LogP contribution < -0.4 is 4.74 Å². The molecule has 0 spiro atoms. The third-order valence-electron chi connectivity index (χ3n) is 3.80.